The summed E-state index contributed by atoms with van der Waals surface area (Å²) in [6.07, 6.45) is 1.48. The summed E-state index contributed by atoms with van der Waals surface area (Å²) in [5.74, 6) is -0.202. The van der Waals surface area contributed by atoms with Crippen LogP contribution in [0.25, 0.3) is 0 Å². The molecule has 0 spiro atoms. The second-order valence-corrected chi connectivity index (χ2v) is 1.81. The summed E-state index contributed by atoms with van der Waals surface area (Å²) in [6, 6.07) is 0. The van der Waals surface area contributed by atoms with Crippen LogP contribution in [-0.2, 0) is 0 Å². The van der Waals surface area contributed by atoms with E-state index in [1.807, 2.05) is 0 Å². The van der Waals surface area contributed by atoms with Gasteiger partial charge in [-0.25, -0.2) is 0 Å². The third kappa shape index (κ3) is 1.24. The normalized spacial score (nSPS) is 11.1. The topological polar surface area (TPSA) is 145 Å². The van der Waals surface area contributed by atoms with Crippen molar-refractivity contribution in [1.29, 1.82) is 5.26 Å². The molecule has 0 atom stereocenters. The molecular formula is C4H6N8. The Morgan fingerprint density at radius 1 is 1.58 bits per heavy atom. The molecule has 0 aliphatic carbocycles. The lowest BCUT2D eigenvalue weighted by molar-refractivity contribution is 0.935. The molecule has 1 rings (SSSR count). The van der Waals surface area contributed by atoms with Gasteiger partial charge in [0.15, 0.2) is 0 Å². The molecule has 1 aromatic heterocycles. The zero-order valence-electron chi connectivity index (χ0n) is 5.97. The van der Waals surface area contributed by atoms with Gasteiger partial charge in [-0.1, -0.05) is 0 Å². The molecule has 0 aromatic carbocycles. The van der Waals surface area contributed by atoms with Gasteiger partial charge < -0.3 is 17.2 Å². The SMILES string of the molecule is N#CN=C(N)n1nc(N)nc1N. The first kappa shape index (κ1) is 7.80. The number of hydrogen-bond donors (Lipinski definition) is 3. The van der Waals surface area contributed by atoms with Crippen LogP contribution in [-0.4, -0.2) is 20.7 Å². The number of nitriles is 1. The van der Waals surface area contributed by atoms with Gasteiger partial charge in [0.2, 0.25) is 24.0 Å². The van der Waals surface area contributed by atoms with E-state index in [0.717, 1.165) is 4.68 Å². The van der Waals surface area contributed by atoms with E-state index < -0.39 is 0 Å². The highest BCUT2D eigenvalue weighted by atomic mass is 15.4. The van der Waals surface area contributed by atoms with Crippen molar-refractivity contribution in [3.8, 4) is 6.19 Å². The highest BCUT2D eigenvalue weighted by Gasteiger charge is 2.06. The zero-order valence-corrected chi connectivity index (χ0v) is 5.97. The fourth-order valence-electron chi connectivity index (χ4n) is 0.608. The van der Waals surface area contributed by atoms with Gasteiger partial charge in [0.05, 0.1) is 0 Å². The average molecular weight is 166 g/mol. The van der Waals surface area contributed by atoms with Gasteiger partial charge in [-0.05, 0) is 0 Å². The number of rotatable bonds is 0. The second-order valence-electron chi connectivity index (χ2n) is 1.81. The Labute approximate surface area is 67.3 Å². The number of aromatic nitrogens is 3. The van der Waals surface area contributed by atoms with E-state index in [4.69, 9.17) is 22.5 Å². The summed E-state index contributed by atoms with van der Waals surface area (Å²) in [7, 11) is 0. The molecule has 0 bridgehead atoms. The number of nitrogens with zero attached hydrogens (tertiary/aromatic N) is 5. The molecule has 6 N–H and O–H groups in total. The van der Waals surface area contributed by atoms with Crippen molar-refractivity contribution in [2.75, 3.05) is 11.5 Å². The summed E-state index contributed by atoms with van der Waals surface area (Å²) in [5, 5.41) is 11.7. The number of nitrogen functional groups attached to an aromatic ring is 2. The first-order valence-electron chi connectivity index (χ1n) is 2.85. The number of aliphatic imine (C=N–C) groups is 1. The first-order chi connectivity index (χ1) is 5.65. The molecule has 12 heavy (non-hydrogen) atoms. The zero-order chi connectivity index (χ0) is 9.14. The van der Waals surface area contributed by atoms with E-state index in [0.29, 0.717) is 0 Å². The molecule has 1 heterocycles. The molecule has 0 unspecified atom stereocenters. The number of anilines is 2. The van der Waals surface area contributed by atoms with Gasteiger partial charge in [0, 0.05) is 0 Å². The minimum Gasteiger partial charge on any atom is -0.368 e. The van der Waals surface area contributed by atoms with Gasteiger partial charge in [0.25, 0.3) is 0 Å². The lowest BCUT2D eigenvalue weighted by Gasteiger charge is -1.95. The Bertz CT molecular complexity index is 354. The van der Waals surface area contributed by atoms with E-state index >= 15 is 0 Å². The average Bonchev–Trinajstić information content (AvgIpc) is 2.30. The van der Waals surface area contributed by atoms with Gasteiger partial charge in [-0.3, -0.25) is 0 Å². The second kappa shape index (κ2) is 2.75. The highest BCUT2D eigenvalue weighted by molar-refractivity contribution is 5.82. The highest BCUT2D eigenvalue weighted by Crippen LogP contribution is 1.98. The molecule has 1 aromatic rings. The Morgan fingerprint density at radius 2 is 2.25 bits per heavy atom. The van der Waals surface area contributed by atoms with Crippen molar-refractivity contribution in [3.63, 3.8) is 0 Å². The molecule has 0 saturated carbocycles. The molecule has 8 nitrogen and oxygen atoms in total. The molecule has 0 radical (unpaired) electrons. The van der Waals surface area contributed by atoms with Crippen molar-refractivity contribution in [2.45, 2.75) is 0 Å². The van der Waals surface area contributed by atoms with Gasteiger partial charge in [-0.2, -0.15) is 14.9 Å². The third-order valence-corrected chi connectivity index (χ3v) is 1.03. The van der Waals surface area contributed by atoms with Gasteiger partial charge in [0.1, 0.15) is 0 Å². The first-order valence-corrected chi connectivity index (χ1v) is 2.85. The molecule has 8 heteroatoms. The van der Waals surface area contributed by atoms with Gasteiger partial charge in [-0.15, -0.1) is 10.1 Å². The molecule has 62 valence electrons. The Kier molecular flexibility index (Phi) is 1.79. The maximum absolute atomic E-state index is 8.14. The van der Waals surface area contributed by atoms with Crippen molar-refractivity contribution in [3.05, 3.63) is 0 Å². The van der Waals surface area contributed by atoms with Crippen molar-refractivity contribution < 1.29 is 0 Å². The predicted molar refractivity (Wildman–Crippen MR) is 41.5 cm³/mol. The van der Waals surface area contributed by atoms with Crippen LogP contribution in [0.4, 0.5) is 11.9 Å². The van der Waals surface area contributed by atoms with Crippen molar-refractivity contribution in [1.82, 2.24) is 14.8 Å². The molecule has 0 aliphatic rings. The van der Waals surface area contributed by atoms with Crippen molar-refractivity contribution in [2.24, 2.45) is 10.7 Å². The fourth-order valence-corrected chi connectivity index (χ4v) is 0.608. The lowest BCUT2D eigenvalue weighted by atomic mass is 10.9. The van der Waals surface area contributed by atoms with E-state index in [1.165, 1.54) is 6.19 Å². The maximum atomic E-state index is 8.14. The standard InChI is InChI=1S/C4H6N8/c5-1-9-3(7)12-4(8)10-2(6)11-12/h(H2,7,9)(H4,6,8,10,11). The van der Waals surface area contributed by atoms with Crippen LogP contribution in [0, 0.1) is 11.5 Å². The van der Waals surface area contributed by atoms with E-state index in [1.54, 1.807) is 0 Å². The maximum Gasteiger partial charge on any atom is 0.241 e. The van der Waals surface area contributed by atoms with E-state index in [-0.39, 0.29) is 17.9 Å². The summed E-state index contributed by atoms with van der Waals surface area (Å²) in [6.45, 7) is 0. The third-order valence-electron chi connectivity index (χ3n) is 1.03. The quantitative estimate of drug-likeness (QED) is 0.233. The summed E-state index contributed by atoms with van der Waals surface area (Å²) >= 11 is 0. The molecule has 0 saturated heterocycles. The number of hydrogen-bond acceptors (Lipinski definition) is 6. The van der Waals surface area contributed by atoms with E-state index in [9.17, 15) is 0 Å². The summed E-state index contributed by atoms with van der Waals surface area (Å²) < 4.78 is 0.971. The van der Waals surface area contributed by atoms with Crippen LogP contribution in [0.5, 0.6) is 0 Å². The van der Waals surface area contributed by atoms with Crippen molar-refractivity contribution >= 4 is 17.9 Å². The van der Waals surface area contributed by atoms with Crippen LogP contribution in [0.15, 0.2) is 4.99 Å². The molecule has 0 fully saturated rings. The van der Waals surface area contributed by atoms with E-state index in [2.05, 4.69) is 15.1 Å². The monoisotopic (exact) mass is 166 g/mol. The predicted octanol–water partition coefficient (Wildman–Crippen LogP) is -1.91. The minimum atomic E-state index is -0.167. The van der Waals surface area contributed by atoms with Crippen LogP contribution in [0.2, 0.25) is 0 Å². The fraction of sp³-hybridized carbons (Fsp3) is 0. The van der Waals surface area contributed by atoms with Gasteiger partial charge >= 0.3 is 0 Å². The lowest BCUT2D eigenvalue weighted by Crippen LogP contribution is -2.24. The smallest absolute Gasteiger partial charge is 0.241 e. The summed E-state index contributed by atoms with van der Waals surface area (Å²) in [5.41, 5.74) is 15.8. The Morgan fingerprint density at radius 3 is 2.67 bits per heavy atom. The van der Waals surface area contributed by atoms with Crippen LogP contribution < -0.4 is 17.2 Å². The van der Waals surface area contributed by atoms with Crippen LogP contribution in [0.1, 0.15) is 0 Å². The Balaban J connectivity index is 3.12. The molecule has 0 amide bonds. The Hall–Kier alpha value is -2.30. The largest absolute Gasteiger partial charge is 0.368 e. The number of nitrogens with two attached hydrogens (primary N) is 3. The molecule has 0 aliphatic heterocycles. The molecular weight excluding hydrogens is 160 g/mol. The minimum absolute atomic E-state index is 0.0102. The summed E-state index contributed by atoms with van der Waals surface area (Å²) in [4.78, 5) is 6.75. The van der Waals surface area contributed by atoms with Crippen LogP contribution >= 0.6 is 0 Å². The van der Waals surface area contributed by atoms with Crippen LogP contribution in [0.3, 0.4) is 0 Å².